The summed E-state index contributed by atoms with van der Waals surface area (Å²) in [6.45, 7) is 7.70. The highest BCUT2D eigenvalue weighted by Gasteiger charge is 2.25. The first-order chi connectivity index (χ1) is 7.18. The molecule has 16 heavy (non-hydrogen) atoms. The topological polar surface area (TPSA) is 65.0 Å². The summed E-state index contributed by atoms with van der Waals surface area (Å²) in [6, 6.07) is 0. The van der Waals surface area contributed by atoms with Crippen LogP contribution in [0.15, 0.2) is 0 Å². The van der Waals surface area contributed by atoms with E-state index in [9.17, 15) is 4.79 Å². The molecular weight excluding hydrogens is 212 g/mol. The van der Waals surface area contributed by atoms with Crippen molar-refractivity contribution >= 4 is 5.97 Å². The molecule has 0 aliphatic rings. The average Bonchev–Trinajstić information content (AvgIpc) is 1.99. The van der Waals surface area contributed by atoms with E-state index in [4.69, 9.17) is 14.7 Å². The summed E-state index contributed by atoms with van der Waals surface area (Å²) in [7, 11) is 1.46. The maximum absolute atomic E-state index is 10.6. The zero-order valence-electron chi connectivity index (χ0n) is 10.7. The maximum atomic E-state index is 10.6. The van der Waals surface area contributed by atoms with Crippen molar-refractivity contribution in [2.45, 2.75) is 51.7 Å². The summed E-state index contributed by atoms with van der Waals surface area (Å²) in [5, 5.41) is 8.67. The maximum Gasteiger partial charge on any atom is 0.306 e. The van der Waals surface area contributed by atoms with Crippen LogP contribution in [0.2, 0.25) is 0 Å². The van der Waals surface area contributed by atoms with Crippen LogP contribution < -0.4 is 0 Å². The van der Waals surface area contributed by atoms with Crippen LogP contribution in [0.4, 0.5) is 0 Å². The highest BCUT2D eigenvalue weighted by atomic mass is 17.2. The molecule has 5 heteroatoms. The van der Waals surface area contributed by atoms with Crippen molar-refractivity contribution in [1.82, 2.24) is 0 Å². The minimum absolute atomic E-state index is 0.0153. The average molecular weight is 234 g/mol. The molecule has 0 unspecified atom stereocenters. The molecule has 5 nitrogen and oxygen atoms in total. The Kier molecular flexibility index (Phi) is 5.92. The molecule has 96 valence electrons. The van der Waals surface area contributed by atoms with Crippen molar-refractivity contribution in [3.8, 4) is 0 Å². The summed E-state index contributed by atoms with van der Waals surface area (Å²) < 4.78 is 5.51. The first kappa shape index (κ1) is 15.3. The molecule has 0 bridgehead atoms. The molecule has 0 aromatic heterocycles. The summed E-state index contributed by atoms with van der Waals surface area (Å²) in [6.07, 6.45) is 0.614. The molecule has 0 atom stereocenters. The Morgan fingerprint density at radius 2 is 1.75 bits per heavy atom. The van der Waals surface area contributed by atoms with Crippen molar-refractivity contribution in [2.75, 3.05) is 13.7 Å². The van der Waals surface area contributed by atoms with Gasteiger partial charge in [0.15, 0.2) is 0 Å². The Morgan fingerprint density at radius 1 is 1.19 bits per heavy atom. The fraction of sp³-hybridized carbons (Fsp3) is 0.909. The van der Waals surface area contributed by atoms with Crippen molar-refractivity contribution in [2.24, 2.45) is 0 Å². The van der Waals surface area contributed by atoms with Gasteiger partial charge in [0.25, 0.3) is 0 Å². The standard InChI is InChI=1S/C11H22O5/c1-10(2,16-14-5)6-7-15-11(3,4)8-9(12)13/h6-8H2,1-5H3,(H,12,13). The van der Waals surface area contributed by atoms with Crippen molar-refractivity contribution in [3.63, 3.8) is 0 Å². The van der Waals surface area contributed by atoms with E-state index in [1.165, 1.54) is 7.11 Å². The van der Waals surface area contributed by atoms with Gasteiger partial charge in [-0.3, -0.25) is 4.79 Å². The van der Waals surface area contributed by atoms with E-state index in [-0.39, 0.29) is 6.42 Å². The van der Waals surface area contributed by atoms with Crippen molar-refractivity contribution in [3.05, 3.63) is 0 Å². The number of carboxylic acid groups (broad SMARTS) is 1. The molecule has 0 aliphatic heterocycles. The fourth-order valence-corrected chi connectivity index (χ4v) is 1.26. The van der Waals surface area contributed by atoms with Crippen LogP contribution >= 0.6 is 0 Å². The second kappa shape index (κ2) is 6.18. The van der Waals surface area contributed by atoms with Gasteiger partial charge in [0, 0.05) is 6.42 Å². The van der Waals surface area contributed by atoms with Gasteiger partial charge < -0.3 is 9.84 Å². The smallest absolute Gasteiger partial charge is 0.306 e. The third kappa shape index (κ3) is 7.62. The highest BCUT2D eigenvalue weighted by molar-refractivity contribution is 5.67. The van der Waals surface area contributed by atoms with E-state index in [0.717, 1.165) is 0 Å². The zero-order chi connectivity index (χ0) is 12.8. The van der Waals surface area contributed by atoms with Gasteiger partial charge in [0.05, 0.1) is 25.7 Å². The molecule has 0 radical (unpaired) electrons. The number of rotatable bonds is 8. The molecule has 0 spiro atoms. The Hall–Kier alpha value is -0.650. The van der Waals surface area contributed by atoms with Gasteiger partial charge in [-0.15, -0.1) is 0 Å². The Labute approximate surface area is 96.6 Å². The summed E-state index contributed by atoms with van der Waals surface area (Å²) in [5.41, 5.74) is -1.09. The summed E-state index contributed by atoms with van der Waals surface area (Å²) >= 11 is 0. The van der Waals surface area contributed by atoms with Crippen LogP contribution in [-0.2, 0) is 19.3 Å². The van der Waals surface area contributed by atoms with Gasteiger partial charge in [0.2, 0.25) is 0 Å². The lowest BCUT2D eigenvalue weighted by Gasteiger charge is -2.27. The molecule has 0 aliphatic carbocycles. The minimum atomic E-state index is -0.864. The second-order valence-electron chi connectivity index (χ2n) is 4.94. The second-order valence-corrected chi connectivity index (χ2v) is 4.94. The van der Waals surface area contributed by atoms with Crippen LogP contribution in [0.25, 0.3) is 0 Å². The highest BCUT2D eigenvalue weighted by Crippen LogP contribution is 2.19. The monoisotopic (exact) mass is 234 g/mol. The van der Waals surface area contributed by atoms with Crippen LogP contribution in [-0.4, -0.2) is 36.0 Å². The molecule has 0 fully saturated rings. The number of carboxylic acids is 1. The van der Waals surface area contributed by atoms with E-state index in [1.54, 1.807) is 13.8 Å². The molecule has 0 aromatic carbocycles. The lowest BCUT2D eigenvalue weighted by atomic mass is 10.0. The van der Waals surface area contributed by atoms with Gasteiger partial charge in [-0.05, 0) is 27.7 Å². The zero-order valence-corrected chi connectivity index (χ0v) is 10.7. The first-order valence-electron chi connectivity index (χ1n) is 5.26. The van der Waals surface area contributed by atoms with Gasteiger partial charge in [-0.25, -0.2) is 9.78 Å². The van der Waals surface area contributed by atoms with Crippen LogP contribution in [0.3, 0.4) is 0 Å². The quantitative estimate of drug-likeness (QED) is 0.514. The first-order valence-corrected chi connectivity index (χ1v) is 5.26. The summed E-state index contributed by atoms with van der Waals surface area (Å²) in [4.78, 5) is 20.2. The SMILES string of the molecule is COOC(C)(C)CCOC(C)(C)CC(=O)O. The third-order valence-corrected chi connectivity index (χ3v) is 2.08. The predicted molar refractivity (Wildman–Crippen MR) is 59.1 cm³/mol. The van der Waals surface area contributed by atoms with Crippen molar-refractivity contribution < 1.29 is 24.4 Å². The van der Waals surface area contributed by atoms with Gasteiger partial charge in [-0.1, -0.05) is 0 Å². The Balaban J connectivity index is 3.92. The van der Waals surface area contributed by atoms with Gasteiger partial charge >= 0.3 is 5.97 Å². The summed E-state index contributed by atoms with van der Waals surface area (Å²) in [5.74, 6) is -0.864. The van der Waals surface area contributed by atoms with Crippen LogP contribution in [0, 0.1) is 0 Å². The number of ether oxygens (including phenoxy) is 1. The lowest BCUT2D eigenvalue weighted by Crippen LogP contribution is -2.32. The molecule has 0 amide bonds. The van der Waals surface area contributed by atoms with E-state index >= 15 is 0 Å². The number of carbonyl (C=O) groups is 1. The number of aliphatic carboxylic acids is 1. The van der Waals surface area contributed by atoms with Gasteiger partial charge in [0.1, 0.15) is 5.60 Å². The molecule has 0 saturated heterocycles. The van der Waals surface area contributed by atoms with Crippen molar-refractivity contribution in [1.29, 1.82) is 0 Å². The van der Waals surface area contributed by atoms with E-state index in [2.05, 4.69) is 4.89 Å². The van der Waals surface area contributed by atoms with E-state index < -0.39 is 17.2 Å². The van der Waals surface area contributed by atoms with E-state index in [1.807, 2.05) is 13.8 Å². The Morgan fingerprint density at radius 3 is 2.19 bits per heavy atom. The molecule has 0 heterocycles. The fourth-order valence-electron chi connectivity index (χ4n) is 1.26. The Bertz CT molecular complexity index is 222. The lowest BCUT2D eigenvalue weighted by molar-refractivity contribution is -0.338. The number of hydrogen-bond donors (Lipinski definition) is 1. The third-order valence-electron chi connectivity index (χ3n) is 2.08. The largest absolute Gasteiger partial charge is 0.481 e. The minimum Gasteiger partial charge on any atom is -0.481 e. The molecular formula is C11H22O5. The van der Waals surface area contributed by atoms with E-state index in [0.29, 0.717) is 13.0 Å². The van der Waals surface area contributed by atoms with Gasteiger partial charge in [-0.2, -0.15) is 0 Å². The predicted octanol–water partition coefficient (Wildman–Crippen LogP) is 2.00. The molecule has 0 rings (SSSR count). The van der Waals surface area contributed by atoms with Crippen LogP contribution in [0.1, 0.15) is 40.5 Å². The molecule has 0 saturated carbocycles. The molecule has 0 aromatic rings. The van der Waals surface area contributed by atoms with Crippen LogP contribution in [0.5, 0.6) is 0 Å². The molecule has 1 N–H and O–H groups in total. The number of hydrogen-bond acceptors (Lipinski definition) is 4. The normalized spacial score (nSPS) is 12.8.